The van der Waals surface area contributed by atoms with Gasteiger partial charge in [0.05, 0.1) is 11.9 Å². The first-order valence-corrected chi connectivity index (χ1v) is 10.1. The minimum absolute atomic E-state index is 0.186. The van der Waals surface area contributed by atoms with Crippen LogP contribution in [-0.2, 0) is 0 Å². The molecule has 0 amide bonds. The van der Waals surface area contributed by atoms with Crippen molar-refractivity contribution in [2.24, 2.45) is 0 Å². The number of anilines is 1. The fourth-order valence-corrected chi connectivity index (χ4v) is 3.63. The molecule has 1 aromatic carbocycles. The number of benzene rings is 1. The average Bonchev–Trinajstić information content (AvgIpc) is 3.12. The van der Waals surface area contributed by atoms with Crippen molar-refractivity contribution in [3.8, 4) is 5.69 Å². The van der Waals surface area contributed by atoms with Crippen LogP contribution in [0, 0.1) is 0 Å². The Morgan fingerprint density at radius 2 is 1.86 bits per heavy atom. The highest BCUT2D eigenvalue weighted by molar-refractivity contribution is 5.76. The molecule has 3 heterocycles. The van der Waals surface area contributed by atoms with E-state index in [0.717, 1.165) is 44.8 Å². The Morgan fingerprint density at radius 3 is 2.59 bits per heavy atom. The van der Waals surface area contributed by atoms with Crippen LogP contribution in [0.2, 0.25) is 0 Å². The van der Waals surface area contributed by atoms with E-state index in [1.165, 1.54) is 0 Å². The summed E-state index contributed by atoms with van der Waals surface area (Å²) in [5, 5.41) is 8.27. The maximum Gasteiger partial charge on any atom is 0.263 e. The molecule has 0 spiro atoms. The highest BCUT2D eigenvalue weighted by Crippen LogP contribution is 2.19. The Morgan fingerprint density at radius 1 is 1.14 bits per heavy atom. The molecule has 0 saturated carbocycles. The number of likely N-dealkylation sites (N-methyl/N-ethyl adjacent to an activating group) is 1. The number of rotatable bonds is 6. The quantitative estimate of drug-likeness (QED) is 0.664. The summed E-state index contributed by atoms with van der Waals surface area (Å²) in [6.45, 7) is 9.73. The van der Waals surface area contributed by atoms with Crippen molar-refractivity contribution in [2.75, 3.05) is 45.1 Å². The Labute approximate surface area is 170 Å². The summed E-state index contributed by atoms with van der Waals surface area (Å²) >= 11 is 0. The predicted molar refractivity (Wildman–Crippen MR) is 116 cm³/mol. The van der Waals surface area contributed by atoms with E-state index >= 15 is 0 Å². The van der Waals surface area contributed by atoms with Crippen molar-refractivity contribution in [3.63, 3.8) is 0 Å². The number of H-pyrrole nitrogens is 1. The molecule has 2 N–H and O–H groups in total. The smallest absolute Gasteiger partial charge is 0.263 e. The molecule has 0 atom stereocenters. The van der Waals surface area contributed by atoms with Crippen LogP contribution >= 0.6 is 0 Å². The topological polar surface area (TPSA) is 82.1 Å². The molecule has 29 heavy (non-hydrogen) atoms. The zero-order valence-electron chi connectivity index (χ0n) is 17.4. The average molecular weight is 396 g/mol. The summed E-state index contributed by atoms with van der Waals surface area (Å²) < 4.78 is 1.70. The number of para-hydroxylation sites is 1. The van der Waals surface area contributed by atoms with Crippen LogP contribution < -0.4 is 10.9 Å². The third-order valence-corrected chi connectivity index (χ3v) is 5.54. The van der Waals surface area contributed by atoms with Crippen molar-refractivity contribution < 1.29 is 0 Å². The first kappa shape index (κ1) is 19.6. The van der Waals surface area contributed by atoms with E-state index in [-0.39, 0.29) is 11.1 Å². The molecule has 1 saturated heterocycles. The van der Waals surface area contributed by atoms with Gasteiger partial charge in [-0.15, -0.1) is 0 Å². The van der Waals surface area contributed by atoms with Crippen LogP contribution in [0.25, 0.3) is 16.7 Å². The number of piperazine rings is 1. The van der Waals surface area contributed by atoms with Gasteiger partial charge in [0.25, 0.3) is 5.56 Å². The molecule has 1 aliphatic heterocycles. The third kappa shape index (κ3) is 4.49. The zero-order valence-corrected chi connectivity index (χ0v) is 17.4. The van der Waals surface area contributed by atoms with Gasteiger partial charge in [-0.1, -0.05) is 18.2 Å². The highest BCUT2D eigenvalue weighted by Gasteiger charge is 2.22. The fourth-order valence-electron chi connectivity index (χ4n) is 3.63. The van der Waals surface area contributed by atoms with E-state index in [1.807, 2.05) is 30.3 Å². The second kappa shape index (κ2) is 7.96. The number of nitrogens with zero attached hydrogens (tertiary/aromatic N) is 5. The molecule has 0 bridgehead atoms. The van der Waals surface area contributed by atoms with Gasteiger partial charge in [0.1, 0.15) is 5.39 Å². The van der Waals surface area contributed by atoms with E-state index in [2.05, 4.69) is 51.1 Å². The second-order valence-electron chi connectivity index (χ2n) is 8.45. The molecule has 4 rings (SSSR count). The van der Waals surface area contributed by atoms with Gasteiger partial charge < -0.3 is 15.1 Å². The molecule has 1 fully saturated rings. The van der Waals surface area contributed by atoms with E-state index in [0.29, 0.717) is 17.0 Å². The second-order valence-corrected chi connectivity index (χ2v) is 8.45. The van der Waals surface area contributed by atoms with Crippen LogP contribution in [0.1, 0.15) is 20.3 Å². The Kier molecular flexibility index (Phi) is 5.38. The van der Waals surface area contributed by atoms with Crippen molar-refractivity contribution in [2.45, 2.75) is 25.8 Å². The van der Waals surface area contributed by atoms with Crippen LogP contribution in [-0.4, -0.2) is 74.9 Å². The minimum atomic E-state index is -0.204. The standard InChI is InChI=1S/C21H29N7O/c1-21(2,9-10-27-13-11-26(3)12-14-27)25-20-23-18-17(19(29)24-20)15-22-28(18)16-7-5-4-6-8-16/h4-8,15H,9-14H2,1-3H3,(H2,23,24,25,29). The zero-order chi connectivity index (χ0) is 20.4. The Balaban J connectivity index is 1.52. The van der Waals surface area contributed by atoms with E-state index in [1.54, 1.807) is 10.9 Å². The van der Waals surface area contributed by atoms with Crippen LogP contribution in [0.3, 0.4) is 0 Å². The van der Waals surface area contributed by atoms with Gasteiger partial charge in [-0.25, -0.2) is 4.68 Å². The van der Waals surface area contributed by atoms with Gasteiger partial charge in [-0.05, 0) is 39.4 Å². The minimum Gasteiger partial charge on any atom is -0.351 e. The highest BCUT2D eigenvalue weighted by atomic mass is 16.1. The van der Waals surface area contributed by atoms with E-state index in [9.17, 15) is 4.79 Å². The lowest BCUT2D eigenvalue weighted by molar-refractivity contribution is 0.147. The van der Waals surface area contributed by atoms with Gasteiger partial charge in [0.2, 0.25) is 5.95 Å². The fraction of sp³-hybridized carbons (Fsp3) is 0.476. The van der Waals surface area contributed by atoms with E-state index in [4.69, 9.17) is 0 Å². The first-order chi connectivity index (χ1) is 13.9. The molecule has 0 aliphatic carbocycles. The predicted octanol–water partition coefficient (Wildman–Crippen LogP) is 1.94. The summed E-state index contributed by atoms with van der Waals surface area (Å²) in [5.74, 6) is 0.476. The molecular formula is C21H29N7O. The van der Waals surface area contributed by atoms with Gasteiger partial charge in [-0.2, -0.15) is 10.1 Å². The molecule has 8 nitrogen and oxygen atoms in total. The number of aromatic amines is 1. The summed E-state index contributed by atoms with van der Waals surface area (Å²) in [6, 6.07) is 9.73. The Bertz CT molecular complexity index is 1020. The van der Waals surface area contributed by atoms with Crippen LogP contribution in [0.4, 0.5) is 5.95 Å². The van der Waals surface area contributed by atoms with Gasteiger partial charge >= 0.3 is 0 Å². The molecule has 154 valence electrons. The molecule has 0 unspecified atom stereocenters. The van der Waals surface area contributed by atoms with Crippen LogP contribution in [0.15, 0.2) is 41.3 Å². The van der Waals surface area contributed by atoms with Crippen LogP contribution in [0.5, 0.6) is 0 Å². The van der Waals surface area contributed by atoms with Crippen molar-refractivity contribution in [1.82, 2.24) is 29.5 Å². The largest absolute Gasteiger partial charge is 0.351 e. The molecule has 2 aromatic heterocycles. The van der Waals surface area contributed by atoms with Gasteiger partial charge in [-0.3, -0.25) is 9.78 Å². The van der Waals surface area contributed by atoms with Crippen molar-refractivity contribution in [1.29, 1.82) is 0 Å². The lowest BCUT2D eigenvalue weighted by Gasteiger charge is -2.35. The lowest BCUT2D eigenvalue weighted by Crippen LogP contribution is -2.46. The number of hydrogen-bond acceptors (Lipinski definition) is 6. The molecule has 1 aliphatic rings. The number of hydrogen-bond donors (Lipinski definition) is 2. The number of nitrogens with one attached hydrogen (secondary N) is 2. The molecule has 8 heteroatoms. The molecule has 3 aromatic rings. The maximum absolute atomic E-state index is 12.6. The lowest BCUT2D eigenvalue weighted by atomic mass is 10.0. The maximum atomic E-state index is 12.6. The van der Waals surface area contributed by atoms with Crippen molar-refractivity contribution >= 4 is 17.0 Å². The number of aromatic nitrogens is 4. The molecule has 0 radical (unpaired) electrons. The van der Waals surface area contributed by atoms with E-state index < -0.39 is 0 Å². The van der Waals surface area contributed by atoms with Gasteiger partial charge in [0, 0.05) is 38.3 Å². The SMILES string of the molecule is CN1CCN(CCC(C)(C)Nc2nc3c(cnn3-c3ccccc3)c(=O)[nH]2)CC1. The Hall–Kier alpha value is -2.71. The summed E-state index contributed by atoms with van der Waals surface area (Å²) in [4.78, 5) is 25.0. The number of fused-ring (bicyclic) bond motifs is 1. The summed E-state index contributed by atoms with van der Waals surface area (Å²) in [7, 11) is 2.17. The molecular weight excluding hydrogens is 366 g/mol. The van der Waals surface area contributed by atoms with Crippen molar-refractivity contribution in [3.05, 3.63) is 46.9 Å². The monoisotopic (exact) mass is 395 g/mol. The normalized spacial score (nSPS) is 16.4. The van der Waals surface area contributed by atoms with Gasteiger partial charge in [0.15, 0.2) is 5.65 Å². The first-order valence-electron chi connectivity index (χ1n) is 10.1. The summed E-state index contributed by atoms with van der Waals surface area (Å²) in [6.07, 6.45) is 2.52. The third-order valence-electron chi connectivity index (χ3n) is 5.54. The summed E-state index contributed by atoms with van der Waals surface area (Å²) in [5.41, 5.74) is 1.04.